The van der Waals surface area contributed by atoms with Crippen molar-refractivity contribution in [1.29, 1.82) is 5.41 Å². The smallest absolute Gasteiger partial charge is 0.180 e. The van der Waals surface area contributed by atoms with Gasteiger partial charge in [-0.15, -0.1) is 0 Å². The lowest BCUT2D eigenvalue weighted by Crippen LogP contribution is -2.15. The van der Waals surface area contributed by atoms with E-state index in [9.17, 15) is 8.78 Å². The van der Waals surface area contributed by atoms with Crippen LogP contribution in [0, 0.1) is 24.0 Å². The first-order valence-corrected chi connectivity index (χ1v) is 13.3. The molecule has 3 N–H and O–H groups in total. The monoisotopic (exact) mass is 532 g/mol. The van der Waals surface area contributed by atoms with Crippen molar-refractivity contribution in [3.05, 3.63) is 100 Å². The highest BCUT2D eigenvalue weighted by Crippen LogP contribution is 2.35. The Balaban J connectivity index is 1.43. The second-order valence-corrected chi connectivity index (χ2v) is 9.69. The van der Waals surface area contributed by atoms with Gasteiger partial charge < -0.3 is 15.4 Å². The van der Waals surface area contributed by atoms with Crippen molar-refractivity contribution >= 4 is 34.7 Å². The van der Waals surface area contributed by atoms with Gasteiger partial charge in [-0.1, -0.05) is 18.2 Å². The van der Waals surface area contributed by atoms with Gasteiger partial charge in [0, 0.05) is 70.6 Å². The van der Waals surface area contributed by atoms with Crippen LogP contribution in [0.1, 0.15) is 40.7 Å². The minimum absolute atomic E-state index is 0.106. The summed E-state index contributed by atoms with van der Waals surface area (Å²) in [5, 5.41) is 15.4. The first-order valence-electron chi connectivity index (χ1n) is 12.1. The summed E-state index contributed by atoms with van der Waals surface area (Å²) in [4.78, 5) is 13.6. The normalized spacial score (nSPS) is 12.2. The first-order chi connectivity index (χ1) is 18.4. The Morgan fingerprint density at radius 2 is 1.87 bits per heavy atom. The Morgan fingerprint density at radius 3 is 2.63 bits per heavy atom. The fourth-order valence-electron chi connectivity index (χ4n) is 4.17. The highest BCUT2D eigenvalue weighted by molar-refractivity contribution is 7.98. The Morgan fingerprint density at radius 1 is 1.08 bits per heavy atom. The summed E-state index contributed by atoms with van der Waals surface area (Å²) < 4.78 is 34.4. The highest BCUT2D eigenvalue weighted by atomic mass is 32.2. The molecule has 0 bridgehead atoms. The van der Waals surface area contributed by atoms with E-state index in [0.29, 0.717) is 23.7 Å². The number of aryl methyl sites for hydroxylation is 1. The van der Waals surface area contributed by atoms with Gasteiger partial charge in [0.05, 0.1) is 12.3 Å². The van der Waals surface area contributed by atoms with Crippen molar-refractivity contribution < 1.29 is 13.5 Å². The van der Waals surface area contributed by atoms with Gasteiger partial charge in [-0.3, -0.25) is 10.4 Å². The number of nitrogens with zero attached hydrogens (tertiary/aromatic N) is 3. The van der Waals surface area contributed by atoms with Crippen LogP contribution in [0.2, 0.25) is 0 Å². The minimum Gasteiger partial charge on any atom is -0.494 e. The summed E-state index contributed by atoms with van der Waals surface area (Å²) in [5.41, 5.74) is 4.84. The molecule has 0 saturated heterocycles. The van der Waals surface area contributed by atoms with E-state index in [0.717, 1.165) is 34.0 Å². The van der Waals surface area contributed by atoms with Gasteiger partial charge in [-0.05, 0) is 31.5 Å². The number of ether oxygens (including phenoxy) is 1. The number of aromatic nitrogens is 3. The average Bonchev–Trinajstić information content (AvgIpc) is 3.39. The number of hydrogen-bond donors (Lipinski definition) is 3. The Hall–Kier alpha value is -4.05. The number of thioether (sulfide) groups is 1. The second-order valence-electron chi connectivity index (χ2n) is 8.70. The van der Waals surface area contributed by atoms with Crippen LogP contribution in [-0.2, 0) is 18.1 Å². The standard InChI is InChI=1S/C28H26F2N6OS/c1-3-37-17-10-21(29)19(22(30)11-17)13-33-24-7-5-4-6-18(24)26(31)28-35-25-15-38-14-20(25)27(36-28)34-23-8-9-32-12-16(23)2/h4-12,31,33H,3,13-15H2,1-2H3,(H,32,34,35,36). The molecule has 7 nitrogen and oxygen atoms in total. The van der Waals surface area contributed by atoms with E-state index in [4.69, 9.17) is 20.1 Å². The molecule has 0 atom stereocenters. The molecule has 1 aliphatic heterocycles. The lowest BCUT2D eigenvalue weighted by atomic mass is 10.1. The number of para-hydroxylation sites is 1. The quantitative estimate of drug-likeness (QED) is 0.215. The van der Waals surface area contributed by atoms with Crippen LogP contribution in [0.4, 0.5) is 26.0 Å². The van der Waals surface area contributed by atoms with E-state index in [2.05, 4.69) is 15.6 Å². The number of nitrogens with one attached hydrogen (secondary N) is 3. The zero-order valence-corrected chi connectivity index (χ0v) is 21.8. The first kappa shape index (κ1) is 25.6. The molecule has 1 aliphatic rings. The van der Waals surface area contributed by atoms with Crippen molar-refractivity contribution in [2.75, 3.05) is 17.2 Å². The number of fused-ring (bicyclic) bond motifs is 1. The summed E-state index contributed by atoms with van der Waals surface area (Å²) in [6.07, 6.45) is 3.49. The molecular formula is C28H26F2N6OS. The Bertz CT molecular complexity index is 1490. The van der Waals surface area contributed by atoms with E-state index >= 15 is 0 Å². The molecule has 0 radical (unpaired) electrons. The molecule has 5 rings (SSSR count). The molecule has 2 aromatic heterocycles. The lowest BCUT2D eigenvalue weighted by Gasteiger charge is -2.16. The van der Waals surface area contributed by atoms with Crippen molar-refractivity contribution in [3.8, 4) is 5.75 Å². The zero-order valence-electron chi connectivity index (χ0n) is 20.9. The van der Waals surface area contributed by atoms with Crippen LogP contribution in [-0.4, -0.2) is 27.3 Å². The number of hydrogen-bond acceptors (Lipinski definition) is 8. The number of pyridine rings is 1. The van der Waals surface area contributed by atoms with Crippen molar-refractivity contribution in [1.82, 2.24) is 15.0 Å². The van der Waals surface area contributed by atoms with Crippen molar-refractivity contribution in [2.45, 2.75) is 31.9 Å². The van der Waals surface area contributed by atoms with Gasteiger partial charge in [0.15, 0.2) is 5.82 Å². The number of benzene rings is 2. The Labute approximate surface area is 223 Å². The molecule has 0 aliphatic carbocycles. The van der Waals surface area contributed by atoms with Crippen LogP contribution in [0.3, 0.4) is 0 Å². The number of rotatable bonds is 9. The van der Waals surface area contributed by atoms with Crippen LogP contribution in [0.25, 0.3) is 0 Å². The molecule has 4 aromatic rings. The maximum absolute atomic E-state index is 14.6. The summed E-state index contributed by atoms with van der Waals surface area (Å²) in [7, 11) is 0. The SMILES string of the molecule is CCOc1cc(F)c(CNc2ccccc2C(=N)c2nc3c(c(Nc4ccncc4C)n2)CSC3)c(F)c1. The predicted molar refractivity (Wildman–Crippen MR) is 147 cm³/mol. The number of anilines is 3. The summed E-state index contributed by atoms with van der Waals surface area (Å²) in [6.45, 7) is 3.92. The van der Waals surface area contributed by atoms with E-state index in [1.54, 1.807) is 55.3 Å². The van der Waals surface area contributed by atoms with Gasteiger partial charge in [-0.25, -0.2) is 18.7 Å². The van der Waals surface area contributed by atoms with Crippen LogP contribution >= 0.6 is 11.8 Å². The maximum Gasteiger partial charge on any atom is 0.180 e. The van der Waals surface area contributed by atoms with Crippen molar-refractivity contribution in [3.63, 3.8) is 0 Å². The fourth-order valence-corrected chi connectivity index (χ4v) is 5.21. The van der Waals surface area contributed by atoms with E-state index < -0.39 is 11.6 Å². The molecule has 0 spiro atoms. The fraction of sp³-hybridized carbons (Fsp3) is 0.214. The van der Waals surface area contributed by atoms with E-state index in [1.165, 1.54) is 12.1 Å². The third kappa shape index (κ3) is 5.31. The van der Waals surface area contributed by atoms with Gasteiger partial charge in [0.25, 0.3) is 0 Å². The maximum atomic E-state index is 14.6. The minimum atomic E-state index is -0.699. The molecule has 194 valence electrons. The molecule has 0 amide bonds. The van der Waals surface area contributed by atoms with Gasteiger partial charge in [-0.2, -0.15) is 11.8 Å². The molecule has 0 saturated carbocycles. The molecule has 3 heterocycles. The largest absolute Gasteiger partial charge is 0.494 e. The van der Waals surface area contributed by atoms with E-state index in [-0.39, 0.29) is 29.4 Å². The molecule has 10 heteroatoms. The molecule has 2 aromatic carbocycles. The Kier molecular flexibility index (Phi) is 7.50. The lowest BCUT2D eigenvalue weighted by molar-refractivity contribution is 0.335. The molecule has 0 unspecified atom stereocenters. The highest BCUT2D eigenvalue weighted by Gasteiger charge is 2.23. The summed E-state index contributed by atoms with van der Waals surface area (Å²) in [6, 6.07) is 11.4. The summed E-state index contributed by atoms with van der Waals surface area (Å²) >= 11 is 1.75. The third-order valence-corrected chi connectivity index (χ3v) is 7.12. The van der Waals surface area contributed by atoms with Crippen molar-refractivity contribution in [2.24, 2.45) is 0 Å². The summed E-state index contributed by atoms with van der Waals surface area (Å²) in [5.74, 6) is 1.20. The third-order valence-electron chi connectivity index (χ3n) is 6.15. The molecular weight excluding hydrogens is 506 g/mol. The van der Waals surface area contributed by atoms with Gasteiger partial charge >= 0.3 is 0 Å². The molecule has 38 heavy (non-hydrogen) atoms. The predicted octanol–water partition coefficient (Wildman–Crippen LogP) is 6.38. The van der Waals surface area contributed by atoms with Crippen LogP contribution in [0.5, 0.6) is 5.75 Å². The zero-order chi connectivity index (χ0) is 26.6. The second kappa shape index (κ2) is 11.1. The van der Waals surface area contributed by atoms with Crippen LogP contribution in [0.15, 0.2) is 54.9 Å². The van der Waals surface area contributed by atoms with Gasteiger partial charge in [0.2, 0.25) is 0 Å². The number of halogens is 2. The van der Waals surface area contributed by atoms with E-state index in [1.807, 2.05) is 13.0 Å². The topological polar surface area (TPSA) is 95.8 Å². The van der Waals surface area contributed by atoms with Crippen LogP contribution < -0.4 is 15.4 Å². The molecule has 0 fully saturated rings. The average molecular weight is 533 g/mol. The van der Waals surface area contributed by atoms with Gasteiger partial charge in [0.1, 0.15) is 28.9 Å².